The normalized spacial score (nSPS) is 10.5. The van der Waals surface area contributed by atoms with Crippen LogP contribution in [0, 0.1) is 10.1 Å². The van der Waals surface area contributed by atoms with Crippen LogP contribution in [0.1, 0.15) is 15.9 Å². The van der Waals surface area contributed by atoms with Crippen molar-refractivity contribution in [3.8, 4) is 0 Å². The van der Waals surface area contributed by atoms with E-state index in [4.69, 9.17) is 0 Å². The van der Waals surface area contributed by atoms with E-state index in [2.05, 4.69) is 15.5 Å². The number of hydrogen-bond donors (Lipinski definition) is 1. The highest BCUT2D eigenvalue weighted by molar-refractivity contribution is 5.95. The van der Waals surface area contributed by atoms with Crippen LogP contribution in [-0.2, 0) is 0 Å². The maximum Gasteiger partial charge on any atom is 0.272 e. The Balaban J connectivity index is 2.19. The molecule has 2 aromatic rings. The molecule has 0 aliphatic heterocycles. The molecule has 0 aliphatic rings. The van der Waals surface area contributed by atoms with Crippen molar-refractivity contribution in [3.05, 3.63) is 64.0 Å². The van der Waals surface area contributed by atoms with Crippen molar-refractivity contribution >= 4 is 23.5 Å². The average molecular weight is 313 g/mol. The van der Waals surface area contributed by atoms with Gasteiger partial charge in [-0.1, -0.05) is 0 Å². The summed E-state index contributed by atoms with van der Waals surface area (Å²) in [6.45, 7) is 0. The molecule has 2 rings (SSSR count). The Morgan fingerprint density at radius 2 is 2.17 bits per heavy atom. The van der Waals surface area contributed by atoms with Crippen molar-refractivity contribution in [2.75, 3.05) is 19.0 Å². The summed E-state index contributed by atoms with van der Waals surface area (Å²) >= 11 is 0. The molecule has 0 atom stereocenters. The summed E-state index contributed by atoms with van der Waals surface area (Å²) in [5.74, 6) is -0.411. The molecule has 1 aromatic carbocycles. The first kappa shape index (κ1) is 16.1. The third kappa shape index (κ3) is 4.10. The Hall–Kier alpha value is -3.29. The lowest BCUT2D eigenvalue weighted by Gasteiger charge is -2.14. The van der Waals surface area contributed by atoms with Crippen LogP contribution < -0.4 is 10.3 Å². The molecule has 1 heterocycles. The molecule has 8 nitrogen and oxygen atoms in total. The maximum atomic E-state index is 11.8. The zero-order chi connectivity index (χ0) is 16.8. The number of anilines is 1. The van der Waals surface area contributed by atoms with Crippen molar-refractivity contribution in [1.29, 1.82) is 0 Å². The Bertz CT molecular complexity index is 744. The van der Waals surface area contributed by atoms with Gasteiger partial charge in [-0.15, -0.1) is 0 Å². The van der Waals surface area contributed by atoms with Crippen LogP contribution in [-0.4, -0.2) is 36.1 Å². The van der Waals surface area contributed by atoms with Gasteiger partial charge in [-0.25, -0.2) is 5.43 Å². The molecule has 1 N–H and O–H groups in total. The highest BCUT2D eigenvalue weighted by Gasteiger charge is 2.11. The van der Waals surface area contributed by atoms with E-state index >= 15 is 0 Å². The first-order chi connectivity index (χ1) is 11.0. The van der Waals surface area contributed by atoms with E-state index in [1.165, 1.54) is 24.5 Å². The summed E-state index contributed by atoms with van der Waals surface area (Å²) in [6, 6.07) is 7.69. The van der Waals surface area contributed by atoms with Gasteiger partial charge < -0.3 is 4.90 Å². The average Bonchev–Trinajstić information content (AvgIpc) is 2.55. The Kier molecular flexibility index (Phi) is 4.98. The van der Waals surface area contributed by atoms with Gasteiger partial charge in [0.2, 0.25) is 0 Å². The van der Waals surface area contributed by atoms with Gasteiger partial charge in [-0.3, -0.25) is 19.9 Å². The molecule has 0 aliphatic carbocycles. The smallest absolute Gasteiger partial charge is 0.272 e. The summed E-state index contributed by atoms with van der Waals surface area (Å²) in [4.78, 5) is 27.9. The number of carbonyl (C=O) groups is 1. The monoisotopic (exact) mass is 313 g/mol. The van der Waals surface area contributed by atoms with Crippen molar-refractivity contribution < 1.29 is 9.72 Å². The van der Waals surface area contributed by atoms with Crippen molar-refractivity contribution in [2.45, 2.75) is 0 Å². The van der Waals surface area contributed by atoms with Crippen LogP contribution in [0.25, 0.3) is 0 Å². The number of nitro groups is 1. The summed E-state index contributed by atoms with van der Waals surface area (Å²) in [7, 11) is 3.62. The Morgan fingerprint density at radius 1 is 1.39 bits per heavy atom. The van der Waals surface area contributed by atoms with E-state index < -0.39 is 10.8 Å². The first-order valence-electron chi connectivity index (χ1n) is 6.68. The van der Waals surface area contributed by atoms with Crippen LogP contribution in [0.15, 0.2) is 47.8 Å². The molecule has 0 saturated heterocycles. The second-order valence-corrected chi connectivity index (χ2v) is 4.84. The number of nitrogens with zero attached hydrogens (tertiary/aromatic N) is 4. The first-order valence-corrected chi connectivity index (χ1v) is 6.68. The van der Waals surface area contributed by atoms with Gasteiger partial charge in [-0.2, -0.15) is 5.10 Å². The van der Waals surface area contributed by atoms with Crippen LogP contribution in [0.4, 0.5) is 11.4 Å². The second-order valence-electron chi connectivity index (χ2n) is 4.84. The van der Waals surface area contributed by atoms with E-state index in [1.54, 1.807) is 29.3 Å². The van der Waals surface area contributed by atoms with E-state index in [0.717, 1.165) is 5.69 Å². The van der Waals surface area contributed by atoms with Crippen molar-refractivity contribution in [2.24, 2.45) is 5.10 Å². The van der Waals surface area contributed by atoms with Crippen LogP contribution in [0.5, 0.6) is 0 Å². The predicted molar refractivity (Wildman–Crippen MR) is 86.7 cm³/mol. The third-order valence-corrected chi connectivity index (χ3v) is 3.00. The van der Waals surface area contributed by atoms with Crippen LogP contribution >= 0.6 is 0 Å². The number of benzene rings is 1. The molecule has 0 radical (unpaired) electrons. The predicted octanol–water partition coefficient (Wildman–Crippen LogP) is 1.82. The van der Waals surface area contributed by atoms with E-state index in [1.807, 2.05) is 14.1 Å². The molecule has 0 saturated carbocycles. The fourth-order valence-corrected chi connectivity index (χ4v) is 1.89. The van der Waals surface area contributed by atoms with Crippen LogP contribution in [0.3, 0.4) is 0 Å². The van der Waals surface area contributed by atoms with E-state index in [0.29, 0.717) is 11.1 Å². The van der Waals surface area contributed by atoms with Crippen LogP contribution in [0.2, 0.25) is 0 Å². The minimum atomic E-state index is -0.481. The number of amides is 1. The largest absolute Gasteiger partial charge is 0.377 e. The third-order valence-electron chi connectivity index (χ3n) is 3.00. The quantitative estimate of drug-likeness (QED) is 0.515. The molecular formula is C15H15N5O3. The molecule has 23 heavy (non-hydrogen) atoms. The maximum absolute atomic E-state index is 11.8. The summed E-state index contributed by atoms with van der Waals surface area (Å²) < 4.78 is 0. The SMILES string of the molecule is CN(C)c1ccc([N+](=O)[O-])cc1/C=N/NC(=O)c1cccnc1. The Labute approximate surface area is 132 Å². The summed E-state index contributed by atoms with van der Waals surface area (Å²) in [5.41, 5.74) is 3.96. The molecule has 8 heteroatoms. The fourth-order valence-electron chi connectivity index (χ4n) is 1.89. The second kappa shape index (κ2) is 7.12. The molecule has 0 fully saturated rings. The lowest BCUT2D eigenvalue weighted by atomic mass is 10.1. The zero-order valence-corrected chi connectivity index (χ0v) is 12.6. The van der Waals surface area contributed by atoms with E-state index in [-0.39, 0.29) is 5.69 Å². The molecule has 1 amide bonds. The van der Waals surface area contributed by atoms with Gasteiger partial charge in [-0.05, 0) is 18.2 Å². The number of nitro benzene ring substituents is 1. The van der Waals surface area contributed by atoms with Gasteiger partial charge in [0.1, 0.15) is 0 Å². The molecular weight excluding hydrogens is 298 g/mol. The van der Waals surface area contributed by atoms with Crippen molar-refractivity contribution in [3.63, 3.8) is 0 Å². The molecule has 0 spiro atoms. The fraction of sp³-hybridized carbons (Fsp3) is 0.133. The molecule has 0 bridgehead atoms. The van der Waals surface area contributed by atoms with Gasteiger partial charge >= 0.3 is 0 Å². The number of hydrogen-bond acceptors (Lipinski definition) is 6. The zero-order valence-electron chi connectivity index (χ0n) is 12.6. The number of pyridine rings is 1. The lowest BCUT2D eigenvalue weighted by Crippen LogP contribution is -2.18. The number of non-ortho nitro benzene ring substituents is 1. The van der Waals surface area contributed by atoms with Gasteiger partial charge in [0.25, 0.3) is 11.6 Å². The number of hydrazone groups is 1. The minimum absolute atomic E-state index is 0.0457. The number of rotatable bonds is 5. The molecule has 118 valence electrons. The highest BCUT2D eigenvalue weighted by atomic mass is 16.6. The lowest BCUT2D eigenvalue weighted by molar-refractivity contribution is -0.384. The number of aromatic nitrogens is 1. The topological polar surface area (TPSA) is 101 Å². The molecule has 1 aromatic heterocycles. The number of carbonyl (C=O) groups excluding carboxylic acids is 1. The highest BCUT2D eigenvalue weighted by Crippen LogP contribution is 2.22. The summed E-state index contributed by atoms with van der Waals surface area (Å²) in [6.07, 6.45) is 4.35. The molecule has 0 unspecified atom stereocenters. The summed E-state index contributed by atoms with van der Waals surface area (Å²) in [5, 5.41) is 14.7. The van der Waals surface area contributed by atoms with Gasteiger partial charge in [0.15, 0.2) is 0 Å². The van der Waals surface area contributed by atoms with Gasteiger partial charge in [0, 0.05) is 49.9 Å². The standard InChI is InChI=1S/C15H15N5O3/c1-19(2)14-6-5-13(20(22)23)8-12(14)10-17-18-15(21)11-4-3-7-16-9-11/h3-10H,1-2H3,(H,18,21)/b17-10+. The van der Waals surface area contributed by atoms with E-state index in [9.17, 15) is 14.9 Å². The van der Waals surface area contributed by atoms with Crippen molar-refractivity contribution in [1.82, 2.24) is 10.4 Å². The number of nitrogens with one attached hydrogen (secondary N) is 1. The minimum Gasteiger partial charge on any atom is -0.377 e. The Morgan fingerprint density at radius 3 is 2.78 bits per heavy atom. The van der Waals surface area contributed by atoms with Gasteiger partial charge in [0.05, 0.1) is 16.7 Å².